The third-order valence-corrected chi connectivity index (χ3v) is 4.13. The fourth-order valence-electron chi connectivity index (χ4n) is 2.08. The highest BCUT2D eigenvalue weighted by Gasteiger charge is 2.28. The molecule has 0 aromatic carbocycles. The molecule has 1 amide bonds. The second kappa shape index (κ2) is 7.00. The second-order valence-electron chi connectivity index (χ2n) is 4.51. The Labute approximate surface area is 116 Å². The van der Waals surface area contributed by atoms with Gasteiger partial charge in [0.1, 0.15) is 6.10 Å². The van der Waals surface area contributed by atoms with Crippen LogP contribution in [0.4, 0.5) is 0 Å². The third-order valence-electron chi connectivity index (χ3n) is 3.11. The molecule has 1 aromatic heterocycles. The van der Waals surface area contributed by atoms with Gasteiger partial charge in [0, 0.05) is 6.61 Å². The average Bonchev–Trinajstić information content (AvgIpc) is 2.84. The van der Waals surface area contributed by atoms with Gasteiger partial charge in [0.2, 0.25) is 0 Å². The molecule has 19 heavy (non-hydrogen) atoms. The summed E-state index contributed by atoms with van der Waals surface area (Å²) in [7, 11) is 0. The van der Waals surface area contributed by atoms with Crippen molar-refractivity contribution in [1.29, 1.82) is 0 Å². The summed E-state index contributed by atoms with van der Waals surface area (Å²) < 4.78 is 10.9. The van der Waals surface area contributed by atoms with Crippen molar-refractivity contribution < 1.29 is 19.4 Å². The van der Waals surface area contributed by atoms with Crippen LogP contribution in [0.5, 0.6) is 0 Å². The molecule has 0 aliphatic carbocycles. The lowest BCUT2D eigenvalue weighted by molar-refractivity contribution is -0.0737. The van der Waals surface area contributed by atoms with E-state index in [1.165, 1.54) is 11.3 Å². The Morgan fingerprint density at radius 2 is 2.53 bits per heavy atom. The van der Waals surface area contributed by atoms with Gasteiger partial charge in [0.05, 0.1) is 30.7 Å². The largest absolute Gasteiger partial charge is 0.394 e. The molecule has 1 aliphatic heterocycles. The van der Waals surface area contributed by atoms with Gasteiger partial charge >= 0.3 is 0 Å². The first kappa shape index (κ1) is 14.5. The lowest BCUT2D eigenvalue weighted by Crippen LogP contribution is -2.50. The van der Waals surface area contributed by atoms with Gasteiger partial charge in [-0.05, 0) is 30.4 Å². The maximum atomic E-state index is 12.2. The topological polar surface area (TPSA) is 67.8 Å². The molecular weight excluding hydrogens is 266 g/mol. The van der Waals surface area contributed by atoms with Crippen molar-refractivity contribution in [3.05, 3.63) is 21.9 Å². The Balaban J connectivity index is 1.95. The number of carbonyl (C=O) groups is 1. The highest BCUT2D eigenvalue weighted by atomic mass is 32.1. The number of aryl methyl sites for hydroxylation is 1. The molecule has 1 aliphatic rings. The van der Waals surface area contributed by atoms with Crippen LogP contribution in [-0.4, -0.2) is 49.6 Å². The summed E-state index contributed by atoms with van der Waals surface area (Å²) in [6, 6.07) is 1.87. The van der Waals surface area contributed by atoms with Gasteiger partial charge in [0.15, 0.2) is 0 Å². The summed E-state index contributed by atoms with van der Waals surface area (Å²) in [5, 5.41) is 13.7. The van der Waals surface area contributed by atoms with Gasteiger partial charge in [-0.3, -0.25) is 4.79 Å². The quantitative estimate of drug-likeness (QED) is 0.845. The van der Waals surface area contributed by atoms with Crippen molar-refractivity contribution in [1.82, 2.24) is 5.32 Å². The monoisotopic (exact) mass is 285 g/mol. The number of rotatable bonds is 5. The number of aliphatic hydroxyl groups is 1. The standard InChI is InChI=1S/C13H19NO4S/c1-9-3-7-19-12(9)13(16)14-10-2-5-17-8-11(10)18-6-4-15/h3,7,10-11,15H,2,4-6,8H2,1H3,(H,14,16)/t10-,11-/m1/s1. The van der Waals surface area contributed by atoms with E-state index in [0.717, 1.165) is 16.9 Å². The van der Waals surface area contributed by atoms with Gasteiger partial charge in [-0.2, -0.15) is 0 Å². The predicted octanol–water partition coefficient (Wildman–Crippen LogP) is 0.953. The smallest absolute Gasteiger partial charge is 0.261 e. The first-order valence-electron chi connectivity index (χ1n) is 6.37. The zero-order valence-corrected chi connectivity index (χ0v) is 11.7. The summed E-state index contributed by atoms with van der Waals surface area (Å²) in [6.07, 6.45) is 0.539. The van der Waals surface area contributed by atoms with E-state index in [-0.39, 0.29) is 31.3 Å². The predicted molar refractivity (Wildman–Crippen MR) is 72.6 cm³/mol. The van der Waals surface area contributed by atoms with E-state index >= 15 is 0 Å². The van der Waals surface area contributed by atoms with Gasteiger partial charge in [0.25, 0.3) is 5.91 Å². The van der Waals surface area contributed by atoms with Crippen LogP contribution in [0.2, 0.25) is 0 Å². The molecule has 2 N–H and O–H groups in total. The van der Waals surface area contributed by atoms with Crippen molar-refractivity contribution >= 4 is 17.2 Å². The maximum absolute atomic E-state index is 12.2. The molecule has 0 unspecified atom stereocenters. The minimum Gasteiger partial charge on any atom is -0.394 e. The Bertz CT molecular complexity index is 421. The van der Waals surface area contributed by atoms with E-state index in [1.807, 2.05) is 18.4 Å². The van der Waals surface area contributed by atoms with E-state index in [2.05, 4.69) is 5.32 Å². The summed E-state index contributed by atoms with van der Waals surface area (Å²) in [4.78, 5) is 12.9. The summed E-state index contributed by atoms with van der Waals surface area (Å²) >= 11 is 1.44. The number of thiophene rings is 1. The van der Waals surface area contributed by atoms with Crippen LogP contribution in [-0.2, 0) is 9.47 Å². The zero-order valence-electron chi connectivity index (χ0n) is 10.9. The molecular formula is C13H19NO4S. The molecule has 0 radical (unpaired) electrons. The number of aliphatic hydroxyl groups excluding tert-OH is 1. The third kappa shape index (κ3) is 3.76. The molecule has 2 heterocycles. The fourth-order valence-corrected chi connectivity index (χ4v) is 2.91. The van der Waals surface area contributed by atoms with Crippen molar-refractivity contribution in [2.45, 2.75) is 25.5 Å². The molecule has 1 saturated heterocycles. The van der Waals surface area contributed by atoms with E-state index in [1.54, 1.807) is 0 Å². The van der Waals surface area contributed by atoms with Crippen LogP contribution in [0.1, 0.15) is 21.7 Å². The van der Waals surface area contributed by atoms with Crippen LogP contribution in [0.3, 0.4) is 0 Å². The first-order chi connectivity index (χ1) is 9.22. The Morgan fingerprint density at radius 1 is 1.68 bits per heavy atom. The minimum absolute atomic E-state index is 0.0266. The number of amides is 1. The van der Waals surface area contributed by atoms with Gasteiger partial charge in [-0.25, -0.2) is 0 Å². The molecule has 2 rings (SSSR count). The molecule has 1 fully saturated rings. The average molecular weight is 285 g/mol. The summed E-state index contributed by atoms with van der Waals surface area (Å²) in [6.45, 7) is 3.23. The van der Waals surface area contributed by atoms with E-state index in [4.69, 9.17) is 14.6 Å². The molecule has 2 atom stereocenters. The molecule has 1 aromatic rings. The number of carbonyl (C=O) groups excluding carboxylic acids is 1. The van der Waals surface area contributed by atoms with Gasteiger partial charge in [-0.1, -0.05) is 0 Å². The highest BCUT2D eigenvalue weighted by molar-refractivity contribution is 7.12. The maximum Gasteiger partial charge on any atom is 0.261 e. The molecule has 0 bridgehead atoms. The first-order valence-corrected chi connectivity index (χ1v) is 7.25. The molecule has 0 saturated carbocycles. The van der Waals surface area contributed by atoms with E-state index < -0.39 is 0 Å². The van der Waals surface area contributed by atoms with Crippen LogP contribution in [0.25, 0.3) is 0 Å². The molecule has 5 nitrogen and oxygen atoms in total. The highest BCUT2D eigenvalue weighted by Crippen LogP contribution is 2.17. The van der Waals surface area contributed by atoms with Gasteiger partial charge < -0.3 is 19.9 Å². The van der Waals surface area contributed by atoms with Crippen LogP contribution in [0.15, 0.2) is 11.4 Å². The fraction of sp³-hybridized carbons (Fsp3) is 0.615. The SMILES string of the molecule is Cc1ccsc1C(=O)N[C@@H]1CCOC[C@H]1OCCO. The van der Waals surface area contributed by atoms with Crippen molar-refractivity contribution in [2.24, 2.45) is 0 Å². The molecule has 6 heteroatoms. The minimum atomic E-state index is -0.190. The van der Waals surface area contributed by atoms with Crippen LogP contribution < -0.4 is 5.32 Å². The van der Waals surface area contributed by atoms with E-state index in [9.17, 15) is 4.79 Å². The van der Waals surface area contributed by atoms with Gasteiger partial charge in [-0.15, -0.1) is 11.3 Å². The summed E-state index contributed by atoms with van der Waals surface area (Å²) in [5.41, 5.74) is 0.988. The Hall–Kier alpha value is -0.950. The molecule has 106 valence electrons. The lowest BCUT2D eigenvalue weighted by atomic mass is 10.1. The Morgan fingerprint density at radius 3 is 3.21 bits per heavy atom. The van der Waals surface area contributed by atoms with Crippen molar-refractivity contribution in [3.63, 3.8) is 0 Å². The van der Waals surface area contributed by atoms with Crippen molar-refractivity contribution in [2.75, 3.05) is 26.4 Å². The van der Waals surface area contributed by atoms with Crippen LogP contribution in [0, 0.1) is 6.92 Å². The number of nitrogens with one attached hydrogen (secondary N) is 1. The second-order valence-corrected chi connectivity index (χ2v) is 5.43. The Kier molecular flexibility index (Phi) is 5.33. The lowest BCUT2D eigenvalue weighted by Gasteiger charge is -2.31. The van der Waals surface area contributed by atoms with E-state index in [0.29, 0.717) is 13.2 Å². The molecule has 0 spiro atoms. The number of hydrogen-bond donors (Lipinski definition) is 2. The normalized spacial score (nSPS) is 23.3. The number of ether oxygens (including phenoxy) is 2. The van der Waals surface area contributed by atoms with Crippen molar-refractivity contribution in [3.8, 4) is 0 Å². The van der Waals surface area contributed by atoms with Crippen LogP contribution >= 0.6 is 11.3 Å². The number of hydrogen-bond acceptors (Lipinski definition) is 5. The zero-order chi connectivity index (χ0) is 13.7. The summed E-state index contributed by atoms with van der Waals surface area (Å²) in [5.74, 6) is -0.0583.